The van der Waals surface area contributed by atoms with Crippen LogP contribution >= 0.6 is 0 Å². The van der Waals surface area contributed by atoms with E-state index in [-0.39, 0.29) is 5.91 Å². The Morgan fingerprint density at radius 2 is 1.88 bits per heavy atom. The highest BCUT2D eigenvalue weighted by atomic mass is 16.1. The van der Waals surface area contributed by atoms with E-state index < -0.39 is 0 Å². The number of carbonyl (C=O) groups is 1. The van der Waals surface area contributed by atoms with Gasteiger partial charge in [0.15, 0.2) is 18.9 Å². The van der Waals surface area contributed by atoms with Crippen LogP contribution in [-0.2, 0) is 24.1 Å². The van der Waals surface area contributed by atoms with Crippen LogP contribution in [-0.4, -0.2) is 27.6 Å². The van der Waals surface area contributed by atoms with E-state index in [0.29, 0.717) is 18.4 Å². The summed E-state index contributed by atoms with van der Waals surface area (Å²) in [6.45, 7) is 8.80. The Balaban J connectivity index is 1.96. The molecule has 125 valence electrons. The van der Waals surface area contributed by atoms with Crippen molar-refractivity contribution in [1.82, 2.24) is 5.32 Å². The molecule has 0 aliphatic rings. The smallest absolute Gasteiger partial charge is 0.246 e. The van der Waals surface area contributed by atoms with Gasteiger partial charge in [-0.2, -0.15) is 0 Å². The summed E-state index contributed by atoms with van der Waals surface area (Å²) >= 11 is 0. The Hall–Kier alpha value is -2.29. The van der Waals surface area contributed by atoms with Gasteiger partial charge in [0, 0.05) is 29.8 Å². The molecule has 5 heteroatoms. The molecule has 0 aliphatic heterocycles. The van der Waals surface area contributed by atoms with Crippen molar-refractivity contribution in [1.29, 1.82) is 0 Å². The molecule has 0 bridgehead atoms. The first-order chi connectivity index (χ1) is 12.0. The van der Waals surface area contributed by atoms with Crippen molar-refractivity contribution in [2.75, 3.05) is 6.54 Å². The minimum atomic E-state index is -0.0886. The highest BCUT2D eigenvalue weighted by molar-refractivity contribution is 6.52. The summed E-state index contributed by atoms with van der Waals surface area (Å²) in [5.41, 5.74) is 5.31. The van der Waals surface area contributed by atoms with Gasteiger partial charge in [-0.05, 0) is 18.9 Å². The highest BCUT2D eigenvalue weighted by Crippen LogP contribution is 2.04. The molecule has 2 rings (SSSR count). The largest absolute Gasteiger partial charge is 0.352 e. The molecule has 1 aromatic heterocycles. The first-order valence-corrected chi connectivity index (χ1v) is 8.55. The lowest BCUT2D eigenvalue weighted by Crippen LogP contribution is -2.34. The zero-order valence-electron chi connectivity index (χ0n) is 15.1. The van der Waals surface area contributed by atoms with Gasteiger partial charge in [-0.3, -0.25) is 4.79 Å². The molecule has 3 nitrogen and oxygen atoms in total. The van der Waals surface area contributed by atoms with Crippen LogP contribution in [0, 0.1) is 0 Å². The monoisotopic (exact) mass is 330 g/mol. The van der Waals surface area contributed by atoms with Gasteiger partial charge in [0.25, 0.3) is 0 Å². The fraction of sp³-hybridized carbons (Fsp3) is 0.300. The predicted molar refractivity (Wildman–Crippen MR) is 104 cm³/mol. The molecule has 2 aromatic rings. The molecular formula is C20H24B2N2O+. The van der Waals surface area contributed by atoms with Crippen LogP contribution in [0.15, 0.2) is 54.9 Å². The van der Waals surface area contributed by atoms with Crippen LogP contribution in [0.4, 0.5) is 0 Å². The summed E-state index contributed by atoms with van der Waals surface area (Å²) in [5.74, 6) is -0.0886. The Kier molecular flexibility index (Phi) is 7.05. The van der Waals surface area contributed by atoms with Crippen molar-refractivity contribution in [2.45, 2.75) is 33.0 Å². The number of pyridine rings is 1. The lowest BCUT2D eigenvalue weighted by molar-refractivity contribution is -0.688. The third-order valence-electron chi connectivity index (χ3n) is 4.06. The number of nitrogens with zero attached hydrogens (tertiary/aromatic N) is 1. The fourth-order valence-electron chi connectivity index (χ4n) is 2.61. The molecule has 0 fully saturated rings. The zero-order valence-corrected chi connectivity index (χ0v) is 15.1. The van der Waals surface area contributed by atoms with Crippen molar-refractivity contribution in [3.05, 3.63) is 71.6 Å². The van der Waals surface area contributed by atoms with Gasteiger partial charge in [0.05, 0.1) is 7.85 Å². The first kappa shape index (κ1) is 19.0. The molecule has 0 atom stereocenters. The van der Waals surface area contributed by atoms with Crippen molar-refractivity contribution in [2.24, 2.45) is 0 Å². The molecule has 3 radical (unpaired) electrons. The van der Waals surface area contributed by atoms with Gasteiger partial charge in [-0.1, -0.05) is 48.9 Å². The lowest BCUT2D eigenvalue weighted by Gasteiger charge is -2.07. The maximum absolute atomic E-state index is 11.5. The van der Waals surface area contributed by atoms with Gasteiger partial charge in [0.2, 0.25) is 5.91 Å². The van der Waals surface area contributed by atoms with E-state index >= 15 is 0 Å². The molecule has 1 heterocycles. The molecule has 0 aliphatic carbocycles. The Labute approximate surface area is 152 Å². The first-order valence-electron chi connectivity index (χ1n) is 8.55. The quantitative estimate of drug-likeness (QED) is 0.442. The normalized spacial score (nSPS) is 10.3. The van der Waals surface area contributed by atoms with E-state index in [9.17, 15) is 4.79 Å². The van der Waals surface area contributed by atoms with Crippen molar-refractivity contribution in [3.63, 3.8) is 0 Å². The van der Waals surface area contributed by atoms with E-state index in [2.05, 4.69) is 66.5 Å². The summed E-state index contributed by atoms with van der Waals surface area (Å²) < 4.78 is 2.14. The molecule has 0 saturated carbocycles. The van der Waals surface area contributed by atoms with Crippen molar-refractivity contribution >= 4 is 26.5 Å². The molecule has 1 amide bonds. The van der Waals surface area contributed by atoms with Crippen LogP contribution in [0.25, 0.3) is 0 Å². The number of aromatic nitrogens is 1. The van der Waals surface area contributed by atoms with E-state index in [4.69, 9.17) is 7.85 Å². The van der Waals surface area contributed by atoms with Gasteiger partial charge < -0.3 is 5.32 Å². The molecule has 0 unspecified atom stereocenters. The second-order valence-electron chi connectivity index (χ2n) is 6.24. The van der Waals surface area contributed by atoms with Gasteiger partial charge in [-0.25, -0.2) is 4.57 Å². The third kappa shape index (κ3) is 5.93. The topological polar surface area (TPSA) is 33.0 Å². The highest BCUT2D eigenvalue weighted by Gasteiger charge is 2.07. The van der Waals surface area contributed by atoms with E-state index in [0.717, 1.165) is 18.5 Å². The third-order valence-corrected chi connectivity index (χ3v) is 4.06. The summed E-state index contributed by atoms with van der Waals surface area (Å²) in [7, 11) is 7.88. The van der Waals surface area contributed by atoms with Crippen molar-refractivity contribution in [3.8, 4) is 0 Å². The minimum absolute atomic E-state index is 0.0886. The Morgan fingerprint density at radius 1 is 1.20 bits per heavy atom. The number of amides is 1. The number of hydrogen-bond donors (Lipinski definition) is 1. The van der Waals surface area contributed by atoms with Crippen LogP contribution < -0.4 is 15.3 Å². The van der Waals surface area contributed by atoms with Crippen LogP contribution in [0.3, 0.4) is 0 Å². The SMILES string of the molecule is [B]Cc1cc([B]C)cc(C[n+]2ccc(CCNC(=O)C(=C)C)cc2)c1. The summed E-state index contributed by atoms with van der Waals surface area (Å²) in [6.07, 6.45) is 5.49. The van der Waals surface area contributed by atoms with E-state index in [1.165, 1.54) is 16.6 Å². The summed E-state index contributed by atoms with van der Waals surface area (Å²) in [4.78, 5) is 11.5. The number of benzene rings is 1. The number of nitrogens with one attached hydrogen (secondary N) is 1. The molecule has 0 saturated heterocycles. The second kappa shape index (κ2) is 9.26. The number of carbonyl (C=O) groups excluding carboxylic acids is 1. The van der Waals surface area contributed by atoms with Crippen molar-refractivity contribution < 1.29 is 9.36 Å². The zero-order chi connectivity index (χ0) is 18.2. The average molecular weight is 330 g/mol. The van der Waals surface area contributed by atoms with Gasteiger partial charge in [-0.15, -0.1) is 0 Å². The number of rotatable bonds is 8. The maximum atomic E-state index is 11.5. The average Bonchev–Trinajstić information content (AvgIpc) is 2.62. The lowest BCUT2D eigenvalue weighted by atomic mass is 9.71. The molecule has 1 N–H and O–H groups in total. The Morgan fingerprint density at radius 3 is 2.48 bits per heavy atom. The maximum Gasteiger partial charge on any atom is 0.246 e. The molecule has 25 heavy (non-hydrogen) atoms. The standard InChI is InChI=1S/C20H23B2N2O/c1-15(2)20(25)23-7-4-16-5-8-24(9-6-16)14-18-10-17(13-21)11-19(12-18)22-3/h5-6,8-12H,1,4,7,13-14H2,2-3H3/p+1. The van der Waals surface area contributed by atoms with Crippen LogP contribution in [0.1, 0.15) is 23.6 Å². The predicted octanol–water partition coefficient (Wildman–Crippen LogP) is 1.30. The molecule has 0 spiro atoms. The summed E-state index contributed by atoms with van der Waals surface area (Å²) in [6, 6.07) is 10.6. The van der Waals surface area contributed by atoms with Gasteiger partial charge in [0.1, 0.15) is 7.28 Å². The summed E-state index contributed by atoms with van der Waals surface area (Å²) in [5, 5.41) is 2.85. The number of hydrogen-bond acceptors (Lipinski definition) is 1. The van der Waals surface area contributed by atoms with E-state index in [1.807, 2.05) is 6.82 Å². The molecule has 1 aromatic carbocycles. The van der Waals surface area contributed by atoms with Crippen LogP contribution in [0.5, 0.6) is 0 Å². The molecular weight excluding hydrogens is 306 g/mol. The second-order valence-corrected chi connectivity index (χ2v) is 6.24. The Bertz CT molecular complexity index is 720. The fourth-order valence-corrected chi connectivity index (χ4v) is 2.61. The van der Waals surface area contributed by atoms with Gasteiger partial charge >= 0.3 is 0 Å². The van der Waals surface area contributed by atoms with Crippen LogP contribution in [0.2, 0.25) is 6.82 Å². The van der Waals surface area contributed by atoms with E-state index in [1.54, 1.807) is 6.92 Å². The minimum Gasteiger partial charge on any atom is -0.352 e.